The second kappa shape index (κ2) is 6.24. The van der Waals surface area contributed by atoms with Gasteiger partial charge in [-0.2, -0.15) is 0 Å². The van der Waals surface area contributed by atoms with E-state index in [2.05, 4.69) is 35.9 Å². The number of aryl methyl sites for hydroxylation is 1. The summed E-state index contributed by atoms with van der Waals surface area (Å²) >= 11 is 3.47. The molecule has 0 aliphatic carbocycles. The third kappa shape index (κ3) is 3.60. The molecule has 1 nitrogen and oxygen atoms in total. The van der Waals surface area contributed by atoms with E-state index in [4.69, 9.17) is 0 Å². The molecule has 3 heteroatoms. The van der Waals surface area contributed by atoms with Gasteiger partial charge in [0.2, 0.25) is 0 Å². The third-order valence-electron chi connectivity index (χ3n) is 2.74. The summed E-state index contributed by atoms with van der Waals surface area (Å²) in [5.74, 6) is 0. The lowest BCUT2D eigenvalue weighted by atomic mass is 10.0. The average molecular weight is 264 g/mol. The van der Waals surface area contributed by atoms with Crippen LogP contribution in [0.15, 0.2) is 46.7 Å². The Balaban J connectivity index is 1.92. The molecular formula is C14H16OS2. The molecule has 2 aromatic rings. The fraction of sp³-hybridized carbons (Fsp3) is 0.286. The quantitative estimate of drug-likeness (QED) is 0.819. The van der Waals surface area contributed by atoms with Crippen molar-refractivity contribution in [3.63, 3.8) is 0 Å². The highest BCUT2D eigenvalue weighted by Crippen LogP contribution is 2.23. The van der Waals surface area contributed by atoms with Gasteiger partial charge in [-0.1, -0.05) is 18.2 Å². The highest BCUT2D eigenvalue weighted by molar-refractivity contribution is 7.98. The Morgan fingerprint density at radius 1 is 1.24 bits per heavy atom. The van der Waals surface area contributed by atoms with Gasteiger partial charge in [0.05, 0.1) is 6.10 Å². The second-order valence-electron chi connectivity index (χ2n) is 3.91. The highest BCUT2D eigenvalue weighted by atomic mass is 32.2. The van der Waals surface area contributed by atoms with E-state index in [0.29, 0.717) is 0 Å². The van der Waals surface area contributed by atoms with Crippen LogP contribution in [0.4, 0.5) is 0 Å². The van der Waals surface area contributed by atoms with E-state index in [0.717, 1.165) is 18.4 Å². The molecule has 1 aromatic heterocycles. The van der Waals surface area contributed by atoms with Crippen molar-refractivity contribution in [1.29, 1.82) is 0 Å². The zero-order valence-corrected chi connectivity index (χ0v) is 11.4. The van der Waals surface area contributed by atoms with E-state index in [9.17, 15) is 5.11 Å². The molecule has 1 heterocycles. The van der Waals surface area contributed by atoms with Crippen LogP contribution in [0.2, 0.25) is 0 Å². The van der Waals surface area contributed by atoms with Crippen LogP contribution in [0, 0.1) is 0 Å². The molecular weight excluding hydrogens is 248 g/mol. The molecule has 0 amide bonds. The number of rotatable bonds is 5. The minimum absolute atomic E-state index is 0.354. The standard InChI is InChI=1S/C14H16OS2/c1-16-12-6-4-11(5-7-12)14(15)9-8-13-3-2-10-17-13/h2-7,10,14-15H,8-9H2,1H3. The van der Waals surface area contributed by atoms with Gasteiger partial charge < -0.3 is 5.11 Å². The van der Waals surface area contributed by atoms with Gasteiger partial charge in [-0.25, -0.2) is 0 Å². The first-order valence-electron chi connectivity index (χ1n) is 5.64. The number of thioether (sulfide) groups is 1. The number of hydrogen-bond donors (Lipinski definition) is 1. The van der Waals surface area contributed by atoms with E-state index in [1.54, 1.807) is 23.1 Å². The highest BCUT2D eigenvalue weighted by Gasteiger charge is 2.07. The Morgan fingerprint density at radius 2 is 2.00 bits per heavy atom. The number of hydrogen-bond acceptors (Lipinski definition) is 3. The number of aliphatic hydroxyl groups excluding tert-OH is 1. The van der Waals surface area contributed by atoms with Crippen LogP contribution in [0.5, 0.6) is 0 Å². The van der Waals surface area contributed by atoms with Crippen LogP contribution in [0.25, 0.3) is 0 Å². The summed E-state index contributed by atoms with van der Waals surface area (Å²) < 4.78 is 0. The summed E-state index contributed by atoms with van der Waals surface area (Å²) in [5.41, 5.74) is 1.01. The van der Waals surface area contributed by atoms with Crippen LogP contribution >= 0.6 is 23.1 Å². The lowest BCUT2D eigenvalue weighted by molar-refractivity contribution is 0.168. The van der Waals surface area contributed by atoms with Crippen molar-refractivity contribution in [2.24, 2.45) is 0 Å². The van der Waals surface area contributed by atoms with Crippen molar-refractivity contribution in [2.75, 3.05) is 6.26 Å². The van der Waals surface area contributed by atoms with Crippen molar-refractivity contribution in [3.8, 4) is 0 Å². The Kier molecular flexibility index (Phi) is 4.66. The summed E-state index contributed by atoms with van der Waals surface area (Å²) in [5, 5.41) is 12.2. The molecule has 0 saturated carbocycles. The second-order valence-corrected chi connectivity index (χ2v) is 5.82. The lowest BCUT2D eigenvalue weighted by Gasteiger charge is -2.10. The number of thiophene rings is 1. The van der Waals surface area contributed by atoms with Crippen molar-refractivity contribution in [2.45, 2.75) is 23.8 Å². The van der Waals surface area contributed by atoms with Gasteiger partial charge in [0.25, 0.3) is 0 Å². The first kappa shape index (κ1) is 12.7. The Hall–Kier alpha value is -0.770. The number of benzene rings is 1. The fourth-order valence-corrected chi connectivity index (χ4v) is 2.86. The van der Waals surface area contributed by atoms with Crippen molar-refractivity contribution >= 4 is 23.1 Å². The fourth-order valence-electron chi connectivity index (χ4n) is 1.73. The molecule has 0 aliphatic heterocycles. The van der Waals surface area contributed by atoms with Crippen LogP contribution in [0.3, 0.4) is 0 Å². The molecule has 0 aliphatic rings. The minimum Gasteiger partial charge on any atom is -0.388 e. The summed E-state index contributed by atoms with van der Waals surface area (Å²) in [6, 6.07) is 12.3. The van der Waals surface area contributed by atoms with Gasteiger partial charge in [0.15, 0.2) is 0 Å². The van der Waals surface area contributed by atoms with Crippen molar-refractivity contribution in [1.82, 2.24) is 0 Å². The predicted octanol–water partition coefficient (Wildman–Crippen LogP) is 4.14. The topological polar surface area (TPSA) is 20.2 Å². The maximum absolute atomic E-state index is 10.1. The van der Waals surface area contributed by atoms with E-state index < -0.39 is 0 Å². The minimum atomic E-state index is -0.354. The molecule has 1 unspecified atom stereocenters. The Labute approximate surface area is 111 Å². The normalized spacial score (nSPS) is 12.6. The van der Waals surface area contributed by atoms with Crippen molar-refractivity contribution in [3.05, 3.63) is 52.2 Å². The van der Waals surface area contributed by atoms with Crippen molar-refractivity contribution < 1.29 is 5.11 Å². The van der Waals surface area contributed by atoms with Gasteiger partial charge in [-0.3, -0.25) is 0 Å². The molecule has 0 radical (unpaired) electrons. The molecule has 1 aromatic carbocycles. The first-order valence-corrected chi connectivity index (χ1v) is 7.74. The maximum atomic E-state index is 10.1. The van der Waals surface area contributed by atoms with E-state index in [-0.39, 0.29) is 6.10 Å². The maximum Gasteiger partial charge on any atom is 0.0793 e. The first-order chi connectivity index (χ1) is 8.29. The SMILES string of the molecule is CSc1ccc(C(O)CCc2cccs2)cc1. The summed E-state index contributed by atoms with van der Waals surface area (Å²) in [6.45, 7) is 0. The largest absolute Gasteiger partial charge is 0.388 e. The molecule has 2 rings (SSSR count). The Bertz CT molecular complexity index is 434. The monoisotopic (exact) mass is 264 g/mol. The van der Waals surface area contributed by atoms with E-state index in [1.165, 1.54) is 9.77 Å². The van der Waals surface area contributed by atoms with Gasteiger partial charge >= 0.3 is 0 Å². The Morgan fingerprint density at radius 3 is 2.59 bits per heavy atom. The van der Waals surface area contributed by atoms with Gasteiger partial charge in [0, 0.05) is 9.77 Å². The summed E-state index contributed by atoms with van der Waals surface area (Å²) in [4.78, 5) is 2.57. The molecule has 1 atom stereocenters. The lowest BCUT2D eigenvalue weighted by Crippen LogP contribution is -1.98. The molecule has 1 N–H and O–H groups in total. The van der Waals surface area contributed by atoms with E-state index in [1.807, 2.05) is 12.1 Å². The molecule has 0 bridgehead atoms. The third-order valence-corrected chi connectivity index (χ3v) is 4.42. The molecule has 0 fully saturated rings. The predicted molar refractivity (Wildman–Crippen MR) is 75.8 cm³/mol. The molecule has 0 saturated heterocycles. The van der Waals surface area contributed by atoms with Crippen LogP contribution in [0.1, 0.15) is 23.0 Å². The van der Waals surface area contributed by atoms with Crippen LogP contribution in [-0.2, 0) is 6.42 Å². The van der Waals surface area contributed by atoms with E-state index >= 15 is 0 Å². The van der Waals surface area contributed by atoms with Crippen LogP contribution < -0.4 is 0 Å². The molecule has 0 spiro atoms. The number of aliphatic hydroxyl groups is 1. The van der Waals surface area contributed by atoms with Gasteiger partial charge in [0.1, 0.15) is 0 Å². The molecule has 17 heavy (non-hydrogen) atoms. The average Bonchev–Trinajstić information content (AvgIpc) is 2.89. The van der Waals surface area contributed by atoms with Gasteiger partial charge in [-0.05, 0) is 48.2 Å². The smallest absolute Gasteiger partial charge is 0.0793 e. The summed E-state index contributed by atoms with van der Waals surface area (Å²) in [6.07, 6.45) is 3.44. The van der Waals surface area contributed by atoms with Gasteiger partial charge in [-0.15, -0.1) is 23.1 Å². The zero-order chi connectivity index (χ0) is 12.1. The van der Waals surface area contributed by atoms with Crippen LogP contribution in [-0.4, -0.2) is 11.4 Å². The summed E-state index contributed by atoms with van der Waals surface area (Å²) in [7, 11) is 0. The molecule has 90 valence electrons. The zero-order valence-electron chi connectivity index (χ0n) is 9.80.